The third-order valence-electron chi connectivity index (χ3n) is 13.4. The number of hydrogen-bond donors (Lipinski definition) is 3. The Labute approximate surface area is 469 Å². The molecule has 3 aliphatic rings. The summed E-state index contributed by atoms with van der Waals surface area (Å²) in [4.78, 5) is 61.9. The lowest BCUT2D eigenvalue weighted by molar-refractivity contribution is -0.145. The van der Waals surface area contributed by atoms with E-state index in [1.54, 1.807) is 22.4 Å². The molecule has 444 valence electrons. The second-order valence-corrected chi connectivity index (χ2v) is 20.5. The molecule has 0 saturated carbocycles. The molecule has 0 bridgehead atoms. The smallest absolute Gasteiger partial charge is 0.315 e. The zero-order chi connectivity index (χ0) is 56.2. The van der Waals surface area contributed by atoms with Crippen molar-refractivity contribution in [3.05, 3.63) is 61.9 Å². The van der Waals surface area contributed by atoms with Crippen LogP contribution in [0.4, 0.5) is 4.79 Å². The number of carbonyl (C=O) groups is 3. The standard InChI is InChI=1S/C54H80N8O17S/c1-39-32-48(65)62-38-79-53-51-43(34-42(39)52(53)62)40(33-47(64)60(51)2)36-78-49(66)9-5-6-41-35-61(59-58-41)11-13-69-15-17-71-19-21-73-23-25-75-27-29-77-31-30-76-28-26-74-24-22-72-20-18-70-16-14-68-12-10-55-46(63)8-4-3-7-45-50-44(37-80-45)56-54(67)57-50/h32-35,44-45,50H,3-31,36-38H2,1-2H3,(H,55,63)(H2,56,57,67)/t44-,45-,50-/m0/s1. The third kappa shape index (κ3) is 20.3. The van der Waals surface area contributed by atoms with Gasteiger partial charge in [-0.1, -0.05) is 11.6 Å². The zero-order valence-electron chi connectivity index (χ0n) is 46.3. The highest BCUT2D eigenvalue weighted by Crippen LogP contribution is 2.39. The van der Waals surface area contributed by atoms with Crippen molar-refractivity contribution >= 4 is 51.5 Å². The summed E-state index contributed by atoms with van der Waals surface area (Å²) in [5, 5.41) is 19.2. The number of unbranched alkanes of at least 4 members (excludes halogenated alkanes) is 1. The fraction of sp³-hybridized carbons (Fsp3) is 0.685. The third-order valence-corrected chi connectivity index (χ3v) is 14.9. The first kappa shape index (κ1) is 62.3. The first-order valence-electron chi connectivity index (χ1n) is 27.8. The molecule has 0 unspecified atom stereocenters. The van der Waals surface area contributed by atoms with Crippen molar-refractivity contribution in [2.75, 3.05) is 144 Å². The van der Waals surface area contributed by atoms with Gasteiger partial charge in [0.1, 0.15) is 6.61 Å². The van der Waals surface area contributed by atoms with E-state index in [0.29, 0.717) is 192 Å². The number of hydrogen-bond acceptors (Lipinski definition) is 20. The Bertz CT molecular complexity index is 2670. The predicted molar refractivity (Wildman–Crippen MR) is 294 cm³/mol. The molecule has 0 radical (unpaired) electrons. The summed E-state index contributed by atoms with van der Waals surface area (Å²) in [6, 6.07) is 5.35. The number of benzene rings is 1. The SMILES string of the molecule is Cc1cc(=O)n2c3c(c4c(cc13)c(COC(=O)CCCc1cn(CCOCCOCCOCCOCCOCCOCCOCCOCCOCCOCCNC(=O)CCCC[C@@H]3SC[C@@H]5NC(=O)N[C@@H]53)nn1)cc(=O)n4C)OC2. The van der Waals surface area contributed by atoms with E-state index in [1.807, 2.05) is 30.9 Å². The van der Waals surface area contributed by atoms with Crippen LogP contribution in [-0.4, -0.2) is 204 Å². The fourth-order valence-corrected chi connectivity index (χ4v) is 10.8. The Morgan fingerprint density at radius 1 is 0.688 bits per heavy atom. The molecule has 80 heavy (non-hydrogen) atoms. The number of carbonyl (C=O) groups excluding carboxylic acids is 3. The highest BCUT2D eigenvalue weighted by Gasteiger charge is 2.42. The number of esters is 1. The first-order chi connectivity index (χ1) is 39.2. The predicted octanol–water partition coefficient (Wildman–Crippen LogP) is 2.18. The van der Waals surface area contributed by atoms with E-state index in [0.717, 1.165) is 47.0 Å². The van der Waals surface area contributed by atoms with Crippen LogP contribution in [0.2, 0.25) is 0 Å². The van der Waals surface area contributed by atoms with Crippen molar-refractivity contribution in [3.8, 4) is 5.75 Å². The number of amides is 3. The van der Waals surface area contributed by atoms with Gasteiger partial charge in [0.25, 0.3) is 11.1 Å². The van der Waals surface area contributed by atoms with Crippen LogP contribution in [-0.2, 0) is 95.0 Å². The Balaban J connectivity index is 0.556. The van der Waals surface area contributed by atoms with Crippen molar-refractivity contribution in [1.29, 1.82) is 0 Å². The van der Waals surface area contributed by atoms with Gasteiger partial charge in [0.05, 0.1) is 167 Å². The summed E-state index contributed by atoms with van der Waals surface area (Å²) in [7, 11) is 1.66. The van der Waals surface area contributed by atoms with Crippen LogP contribution < -0.4 is 31.8 Å². The molecule has 25 nitrogen and oxygen atoms in total. The quantitative estimate of drug-likeness (QED) is 0.0248. The summed E-state index contributed by atoms with van der Waals surface area (Å²) >= 11 is 1.90. The molecule has 2 saturated heterocycles. The van der Waals surface area contributed by atoms with Crippen LogP contribution in [0.25, 0.3) is 21.8 Å². The van der Waals surface area contributed by atoms with Crippen molar-refractivity contribution in [2.24, 2.45) is 7.05 Å². The molecule has 0 aliphatic carbocycles. The Morgan fingerprint density at radius 3 is 1.89 bits per heavy atom. The molecule has 3 aromatic heterocycles. The van der Waals surface area contributed by atoms with Gasteiger partial charge in [-0.3, -0.25) is 23.7 Å². The zero-order valence-corrected chi connectivity index (χ0v) is 47.1. The van der Waals surface area contributed by atoms with Crippen molar-refractivity contribution in [2.45, 2.75) is 89.1 Å². The molecule has 3 N–H and O–H groups in total. The van der Waals surface area contributed by atoms with Crippen molar-refractivity contribution in [1.82, 2.24) is 40.1 Å². The molecule has 26 heteroatoms. The van der Waals surface area contributed by atoms with Gasteiger partial charge in [-0.15, -0.1) is 5.10 Å². The molecule has 3 aliphatic heterocycles. The number of nitrogens with one attached hydrogen (secondary N) is 3. The van der Waals surface area contributed by atoms with Gasteiger partial charge < -0.3 is 77.4 Å². The van der Waals surface area contributed by atoms with E-state index in [1.165, 1.54) is 10.6 Å². The Morgan fingerprint density at radius 2 is 1.27 bits per heavy atom. The van der Waals surface area contributed by atoms with Crippen molar-refractivity contribution < 1.29 is 71.2 Å². The van der Waals surface area contributed by atoms with Crippen molar-refractivity contribution in [3.63, 3.8) is 0 Å². The summed E-state index contributed by atoms with van der Waals surface area (Å²) in [5.41, 5.74) is 2.89. The second-order valence-electron chi connectivity index (χ2n) is 19.3. The molecule has 0 spiro atoms. The number of nitrogens with zero attached hydrogens (tertiary/aromatic N) is 5. The van der Waals surface area contributed by atoms with E-state index in [4.69, 9.17) is 56.8 Å². The van der Waals surface area contributed by atoms with Gasteiger partial charge >= 0.3 is 12.0 Å². The average Bonchev–Trinajstić information content (AvgIpc) is 4.36. The normalized spacial score (nSPS) is 16.4. The molecule has 4 aromatic rings. The number of pyridine rings is 2. The molecule has 7 rings (SSSR count). The lowest BCUT2D eigenvalue weighted by Crippen LogP contribution is -2.36. The van der Waals surface area contributed by atoms with Gasteiger partial charge in [0, 0.05) is 72.1 Å². The van der Waals surface area contributed by atoms with E-state index in [9.17, 15) is 24.0 Å². The van der Waals surface area contributed by atoms with Crippen LogP contribution >= 0.6 is 11.8 Å². The summed E-state index contributed by atoms with van der Waals surface area (Å²) in [6.45, 7) is 11.9. The van der Waals surface area contributed by atoms with Crippen LogP contribution in [0.1, 0.15) is 55.3 Å². The van der Waals surface area contributed by atoms with Gasteiger partial charge in [-0.25, -0.2) is 9.48 Å². The molecule has 3 amide bonds. The number of rotatable bonds is 44. The lowest BCUT2D eigenvalue weighted by Gasteiger charge is -2.16. The van der Waals surface area contributed by atoms with E-state index in [2.05, 4.69) is 26.3 Å². The highest BCUT2D eigenvalue weighted by atomic mass is 32.2. The van der Waals surface area contributed by atoms with Crippen LogP contribution in [0.5, 0.6) is 5.75 Å². The van der Waals surface area contributed by atoms with E-state index < -0.39 is 5.97 Å². The summed E-state index contributed by atoms with van der Waals surface area (Å²) < 4.78 is 71.8. The average molecular weight is 1150 g/mol. The van der Waals surface area contributed by atoms with E-state index >= 15 is 0 Å². The van der Waals surface area contributed by atoms with E-state index in [-0.39, 0.29) is 54.9 Å². The molecular weight excluding hydrogens is 1060 g/mol. The summed E-state index contributed by atoms with van der Waals surface area (Å²) in [5.74, 6) is 1.07. The van der Waals surface area contributed by atoms with Crippen LogP contribution in [0.3, 0.4) is 0 Å². The van der Waals surface area contributed by atoms with Gasteiger partial charge in [0.2, 0.25) is 5.91 Å². The largest absolute Gasteiger partial charge is 0.468 e. The molecule has 1 aromatic carbocycles. The molecule has 6 heterocycles. The van der Waals surface area contributed by atoms with Gasteiger partial charge in [-0.2, -0.15) is 11.8 Å². The molecule has 2 fully saturated rings. The number of urea groups is 1. The topological polar surface area (TPSA) is 273 Å². The minimum absolute atomic E-state index is 0.0337. The Kier molecular flexibility index (Phi) is 27.2. The number of ether oxygens (including phenoxy) is 12. The molecular formula is C54H80N8O17S. The van der Waals surface area contributed by atoms with Crippen LogP contribution in [0, 0.1) is 6.92 Å². The maximum atomic E-state index is 12.9. The van der Waals surface area contributed by atoms with Crippen LogP contribution in [0.15, 0.2) is 34.0 Å². The monoisotopic (exact) mass is 1140 g/mol. The summed E-state index contributed by atoms with van der Waals surface area (Å²) in [6.07, 6.45) is 6.36. The maximum Gasteiger partial charge on any atom is 0.315 e. The first-order valence-corrected chi connectivity index (χ1v) is 28.8. The second kappa shape index (κ2) is 34.9. The lowest BCUT2D eigenvalue weighted by atomic mass is 10.0. The number of fused-ring (bicyclic) bond motifs is 3. The number of aromatic nitrogens is 5. The number of aryl methyl sites for hydroxylation is 3. The minimum Gasteiger partial charge on any atom is -0.468 e. The maximum absolute atomic E-state index is 12.9. The fourth-order valence-electron chi connectivity index (χ4n) is 9.25. The van der Waals surface area contributed by atoms with Gasteiger partial charge in [0.15, 0.2) is 12.5 Å². The Hall–Kier alpha value is -5.26. The van der Waals surface area contributed by atoms with Gasteiger partial charge in [-0.05, 0) is 44.2 Å². The number of thioether (sulfide) groups is 1. The minimum atomic E-state index is -0.391. The molecule has 3 atom stereocenters. The highest BCUT2D eigenvalue weighted by molar-refractivity contribution is 8.00.